The summed E-state index contributed by atoms with van der Waals surface area (Å²) in [6.07, 6.45) is 0. The lowest BCUT2D eigenvalue weighted by Gasteiger charge is -2.07. The molecule has 0 radical (unpaired) electrons. The number of hydrogen-bond donors (Lipinski definition) is 0. The summed E-state index contributed by atoms with van der Waals surface area (Å²) < 4.78 is 13.2. The van der Waals surface area contributed by atoms with Gasteiger partial charge in [0.25, 0.3) is 0 Å². The zero-order chi connectivity index (χ0) is 18.8. The van der Waals surface area contributed by atoms with Crippen LogP contribution in [0.3, 0.4) is 0 Å². The second kappa shape index (κ2) is 7.53. The van der Waals surface area contributed by atoms with Crippen LogP contribution in [0.5, 0.6) is 0 Å². The summed E-state index contributed by atoms with van der Waals surface area (Å²) in [7, 11) is 0. The van der Waals surface area contributed by atoms with Gasteiger partial charge in [-0.15, -0.1) is 0 Å². The molecule has 0 aliphatic heterocycles. The Bertz CT molecular complexity index is 1020. The van der Waals surface area contributed by atoms with Gasteiger partial charge in [0.2, 0.25) is 0 Å². The Morgan fingerprint density at radius 1 is 0.926 bits per heavy atom. The van der Waals surface area contributed by atoms with Gasteiger partial charge in [0.15, 0.2) is 0 Å². The van der Waals surface area contributed by atoms with Gasteiger partial charge in [-0.2, -0.15) is 0 Å². The average molecular weight is 373 g/mol. The lowest BCUT2D eigenvalue weighted by Crippen LogP contribution is -1.99. The van der Waals surface area contributed by atoms with Crippen molar-refractivity contribution in [2.75, 3.05) is 0 Å². The molecule has 3 heteroatoms. The number of aliphatic imine (C=N–C) groups is 1. The smallest absolute Gasteiger partial charge is 0.123 e. The number of benzene rings is 3. The van der Waals surface area contributed by atoms with E-state index in [0.29, 0.717) is 0 Å². The van der Waals surface area contributed by atoms with Gasteiger partial charge in [-0.05, 0) is 59.9 Å². The van der Waals surface area contributed by atoms with Crippen molar-refractivity contribution >= 4 is 23.2 Å². The first-order valence-corrected chi connectivity index (χ1v) is 9.87. The van der Waals surface area contributed by atoms with Crippen molar-refractivity contribution in [2.45, 2.75) is 24.7 Å². The first-order chi connectivity index (χ1) is 13.1. The Kier molecular flexibility index (Phi) is 4.95. The van der Waals surface area contributed by atoms with E-state index in [1.54, 1.807) is 23.9 Å². The molecule has 27 heavy (non-hydrogen) atoms. The van der Waals surface area contributed by atoms with Gasteiger partial charge in [0, 0.05) is 16.4 Å². The Labute approximate surface area is 163 Å². The van der Waals surface area contributed by atoms with Crippen LogP contribution in [-0.2, 0) is 0 Å². The Morgan fingerprint density at radius 2 is 1.63 bits per heavy atom. The number of allylic oxidation sites excluding steroid dienone is 1. The zero-order valence-electron chi connectivity index (χ0n) is 15.3. The minimum Gasteiger partial charge on any atom is -0.248 e. The van der Waals surface area contributed by atoms with Crippen LogP contribution < -0.4 is 0 Å². The van der Waals surface area contributed by atoms with Crippen LogP contribution in [0.2, 0.25) is 0 Å². The molecule has 0 saturated carbocycles. The summed E-state index contributed by atoms with van der Waals surface area (Å²) in [5.41, 5.74) is 6.90. The second-order valence-electron chi connectivity index (χ2n) is 6.75. The average Bonchev–Trinajstić information content (AvgIpc) is 2.95. The number of halogens is 1. The van der Waals surface area contributed by atoms with Crippen LogP contribution in [0.4, 0.5) is 10.1 Å². The van der Waals surface area contributed by atoms with E-state index < -0.39 is 0 Å². The maximum Gasteiger partial charge on any atom is 0.123 e. The number of aryl methyl sites for hydroxylation is 1. The van der Waals surface area contributed by atoms with Crippen LogP contribution in [0.15, 0.2) is 93.7 Å². The normalized spacial score (nSPS) is 18.9. The summed E-state index contributed by atoms with van der Waals surface area (Å²) in [6, 6.07) is 23.3. The molecule has 1 atom stereocenters. The third kappa shape index (κ3) is 3.74. The van der Waals surface area contributed by atoms with E-state index in [0.717, 1.165) is 16.3 Å². The van der Waals surface area contributed by atoms with Crippen molar-refractivity contribution in [3.8, 4) is 0 Å². The summed E-state index contributed by atoms with van der Waals surface area (Å²) in [6.45, 7) is 4.29. The first-order valence-electron chi connectivity index (χ1n) is 8.99. The van der Waals surface area contributed by atoms with Gasteiger partial charge in [0.1, 0.15) is 5.82 Å². The summed E-state index contributed by atoms with van der Waals surface area (Å²) in [4.78, 5) is 5.99. The van der Waals surface area contributed by atoms with Crippen LogP contribution >= 0.6 is 11.8 Å². The van der Waals surface area contributed by atoms with Gasteiger partial charge in [0.05, 0.1) is 11.4 Å². The van der Waals surface area contributed by atoms with E-state index in [1.165, 1.54) is 34.4 Å². The highest BCUT2D eigenvalue weighted by Gasteiger charge is 2.29. The molecule has 4 rings (SSSR count). The molecule has 3 aromatic carbocycles. The fourth-order valence-corrected chi connectivity index (χ4v) is 4.17. The predicted molar refractivity (Wildman–Crippen MR) is 113 cm³/mol. The van der Waals surface area contributed by atoms with Crippen molar-refractivity contribution in [3.63, 3.8) is 0 Å². The molecule has 134 valence electrons. The molecule has 3 aromatic rings. The first kappa shape index (κ1) is 17.7. The standard InChI is InChI=1S/C24H20FNS/c1-16-7-11-19(12-8-16)26-24-22-6-4-3-5-21(22)17(2)23(24)15-27-20-13-9-18(25)10-14-20/h3-15,17H,1-2H3. The van der Waals surface area contributed by atoms with E-state index in [1.807, 2.05) is 0 Å². The molecule has 0 aromatic heterocycles. The number of rotatable bonds is 3. The SMILES string of the molecule is Cc1ccc(N=C2C(=CSc3ccc(F)cc3)C(C)c3ccccc32)cc1. The molecule has 1 nitrogen and oxygen atoms in total. The number of nitrogens with zero attached hydrogens (tertiary/aromatic N) is 1. The lowest BCUT2D eigenvalue weighted by molar-refractivity contribution is 0.626. The van der Waals surface area contributed by atoms with Crippen LogP contribution in [0.25, 0.3) is 0 Å². The highest BCUT2D eigenvalue weighted by molar-refractivity contribution is 8.02. The monoisotopic (exact) mass is 373 g/mol. The zero-order valence-corrected chi connectivity index (χ0v) is 16.1. The number of thioether (sulfide) groups is 1. The molecular formula is C24H20FNS. The molecule has 1 aliphatic carbocycles. The minimum absolute atomic E-state index is 0.213. The van der Waals surface area contributed by atoms with Gasteiger partial charge in [-0.3, -0.25) is 0 Å². The largest absolute Gasteiger partial charge is 0.248 e. The quantitative estimate of drug-likeness (QED) is 0.448. The van der Waals surface area contributed by atoms with Crippen LogP contribution in [0, 0.1) is 12.7 Å². The van der Waals surface area contributed by atoms with E-state index >= 15 is 0 Å². The Balaban J connectivity index is 1.75. The van der Waals surface area contributed by atoms with E-state index in [-0.39, 0.29) is 11.7 Å². The maximum atomic E-state index is 13.2. The second-order valence-corrected chi connectivity index (χ2v) is 7.69. The van der Waals surface area contributed by atoms with Crippen molar-refractivity contribution in [1.29, 1.82) is 0 Å². The fraction of sp³-hybridized carbons (Fsp3) is 0.125. The summed E-state index contributed by atoms with van der Waals surface area (Å²) in [5.74, 6) is 0.0635. The molecule has 0 saturated heterocycles. The summed E-state index contributed by atoms with van der Waals surface area (Å²) in [5, 5.41) is 2.16. The molecule has 0 spiro atoms. The third-order valence-electron chi connectivity index (χ3n) is 4.83. The van der Waals surface area contributed by atoms with Crippen molar-refractivity contribution < 1.29 is 4.39 Å². The maximum absolute atomic E-state index is 13.2. The Hall–Kier alpha value is -2.65. The van der Waals surface area contributed by atoms with Gasteiger partial charge >= 0.3 is 0 Å². The highest BCUT2D eigenvalue weighted by Crippen LogP contribution is 2.40. The van der Waals surface area contributed by atoms with Crippen molar-refractivity contribution in [1.82, 2.24) is 0 Å². The lowest BCUT2D eigenvalue weighted by atomic mass is 10.0. The topological polar surface area (TPSA) is 12.4 Å². The van der Waals surface area contributed by atoms with Gasteiger partial charge in [-0.1, -0.05) is 60.6 Å². The number of hydrogen-bond acceptors (Lipinski definition) is 2. The van der Waals surface area contributed by atoms with E-state index in [9.17, 15) is 4.39 Å². The Morgan fingerprint density at radius 3 is 2.37 bits per heavy atom. The van der Waals surface area contributed by atoms with E-state index in [4.69, 9.17) is 4.99 Å². The van der Waals surface area contributed by atoms with Crippen LogP contribution in [-0.4, -0.2) is 5.71 Å². The molecule has 0 amide bonds. The van der Waals surface area contributed by atoms with Crippen molar-refractivity contribution in [3.05, 3.63) is 106 Å². The highest BCUT2D eigenvalue weighted by atomic mass is 32.2. The number of fused-ring (bicyclic) bond motifs is 1. The molecule has 0 bridgehead atoms. The van der Waals surface area contributed by atoms with Gasteiger partial charge < -0.3 is 0 Å². The van der Waals surface area contributed by atoms with Crippen LogP contribution in [0.1, 0.15) is 29.5 Å². The molecule has 0 fully saturated rings. The molecule has 0 N–H and O–H groups in total. The molecular weight excluding hydrogens is 353 g/mol. The molecule has 1 aliphatic rings. The van der Waals surface area contributed by atoms with Gasteiger partial charge in [-0.25, -0.2) is 9.38 Å². The molecule has 0 heterocycles. The fourth-order valence-electron chi connectivity index (χ4n) is 3.29. The predicted octanol–water partition coefficient (Wildman–Crippen LogP) is 7.05. The summed E-state index contributed by atoms with van der Waals surface area (Å²) >= 11 is 1.61. The minimum atomic E-state index is -0.213. The van der Waals surface area contributed by atoms with E-state index in [2.05, 4.69) is 67.8 Å². The third-order valence-corrected chi connectivity index (χ3v) is 5.75. The van der Waals surface area contributed by atoms with Crippen molar-refractivity contribution in [2.24, 2.45) is 4.99 Å². The molecule has 1 unspecified atom stereocenters.